The van der Waals surface area contributed by atoms with E-state index in [1.54, 1.807) is 12.1 Å². The molecule has 0 heterocycles. The van der Waals surface area contributed by atoms with Crippen LogP contribution >= 0.6 is 0 Å². The fourth-order valence-corrected chi connectivity index (χ4v) is 1.37. The predicted octanol–water partition coefficient (Wildman–Crippen LogP) is 0.934. The van der Waals surface area contributed by atoms with E-state index in [0.29, 0.717) is 17.1 Å². The molecule has 0 fully saturated rings. The molecule has 0 aliphatic heterocycles. The summed E-state index contributed by atoms with van der Waals surface area (Å²) in [6.07, 6.45) is 0. The van der Waals surface area contributed by atoms with Crippen molar-refractivity contribution in [1.82, 2.24) is 5.43 Å². The second kappa shape index (κ2) is 4.86. The Balaban J connectivity index is 3.22. The first-order chi connectivity index (χ1) is 7.15. The lowest BCUT2D eigenvalue weighted by Gasteiger charge is -2.16. The molecule has 1 aromatic rings. The van der Waals surface area contributed by atoms with Gasteiger partial charge < -0.3 is 14.6 Å². The number of methoxy groups -OCH3 is 2. The molecule has 84 valence electrons. The number of rotatable bonds is 4. The zero-order chi connectivity index (χ0) is 11.4. The smallest absolute Gasteiger partial charge is 0.203 e. The van der Waals surface area contributed by atoms with E-state index in [2.05, 4.69) is 5.43 Å². The topological polar surface area (TPSA) is 76.7 Å². The summed E-state index contributed by atoms with van der Waals surface area (Å²) in [5.41, 5.74) is 3.22. The van der Waals surface area contributed by atoms with Crippen LogP contribution in [0.3, 0.4) is 0 Å². The van der Waals surface area contributed by atoms with Crippen molar-refractivity contribution in [3.8, 4) is 17.2 Å². The summed E-state index contributed by atoms with van der Waals surface area (Å²) in [5, 5.41) is 9.90. The largest absolute Gasteiger partial charge is 0.504 e. The van der Waals surface area contributed by atoms with Gasteiger partial charge in [0.15, 0.2) is 11.5 Å². The molecule has 0 aromatic heterocycles. The minimum Gasteiger partial charge on any atom is -0.504 e. The summed E-state index contributed by atoms with van der Waals surface area (Å²) in [6, 6.07) is 3.30. The van der Waals surface area contributed by atoms with Gasteiger partial charge in [-0.2, -0.15) is 0 Å². The van der Waals surface area contributed by atoms with Gasteiger partial charge in [-0.1, -0.05) is 0 Å². The first kappa shape index (κ1) is 11.6. The van der Waals surface area contributed by atoms with Crippen LogP contribution in [0.2, 0.25) is 0 Å². The maximum atomic E-state index is 9.90. The van der Waals surface area contributed by atoms with Crippen LogP contribution < -0.4 is 20.7 Å². The van der Waals surface area contributed by atoms with E-state index in [0.717, 1.165) is 0 Å². The molecule has 1 aromatic carbocycles. The number of aromatic hydroxyl groups is 1. The van der Waals surface area contributed by atoms with Gasteiger partial charge in [-0.15, -0.1) is 0 Å². The summed E-state index contributed by atoms with van der Waals surface area (Å²) in [5.74, 6) is 6.15. The van der Waals surface area contributed by atoms with Gasteiger partial charge in [0.05, 0.1) is 14.2 Å². The van der Waals surface area contributed by atoms with Crippen LogP contribution in [0, 0.1) is 0 Å². The molecule has 0 radical (unpaired) electrons. The standard InChI is InChI=1S/C10H16N2O3/c1-6(12-11)7-4-5-8(14-2)10(15-3)9(7)13/h4-6,12-13H,11H2,1-3H3/t6-/m0/s1. The Morgan fingerprint density at radius 2 is 2.00 bits per heavy atom. The maximum Gasteiger partial charge on any atom is 0.203 e. The number of phenols is 1. The van der Waals surface area contributed by atoms with Crippen molar-refractivity contribution >= 4 is 0 Å². The number of hydrogen-bond donors (Lipinski definition) is 3. The summed E-state index contributed by atoms with van der Waals surface area (Å²) < 4.78 is 10.1. The molecule has 5 heteroatoms. The summed E-state index contributed by atoms with van der Waals surface area (Å²) >= 11 is 0. The number of nitrogens with one attached hydrogen (secondary N) is 1. The quantitative estimate of drug-likeness (QED) is 0.511. The number of ether oxygens (including phenoxy) is 2. The van der Waals surface area contributed by atoms with Crippen LogP contribution in [0.5, 0.6) is 17.2 Å². The first-order valence-corrected chi connectivity index (χ1v) is 4.55. The van der Waals surface area contributed by atoms with E-state index in [9.17, 15) is 5.11 Å². The van der Waals surface area contributed by atoms with Crippen molar-refractivity contribution in [3.63, 3.8) is 0 Å². The Morgan fingerprint density at radius 3 is 2.47 bits per heavy atom. The minimum atomic E-state index is -0.162. The van der Waals surface area contributed by atoms with Crippen molar-refractivity contribution in [2.45, 2.75) is 13.0 Å². The fraction of sp³-hybridized carbons (Fsp3) is 0.400. The third kappa shape index (κ3) is 2.14. The zero-order valence-corrected chi connectivity index (χ0v) is 9.07. The highest BCUT2D eigenvalue weighted by atomic mass is 16.5. The molecule has 0 aliphatic rings. The Labute approximate surface area is 88.8 Å². The van der Waals surface area contributed by atoms with Gasteiger partial charge in [0.25, 0.3) is 0 Å². The van der Waals surface area contributed by atoms with Crippen molar-refractivity contribution < 1.29 is 14.6 Å². The van der Waals surface area contributed by atoms with Crippen molar-refractivity contribution in [2.24, 2.45) is 5.84 Å². The molecule has 0 bridgehead atoms. The predicted molar refractivity (Wildman–Crippen MR) is 56.9 cm³/mol. The lowest BCUT2D eigenvalue weighted by atomic mass is 10.1. The van der Waals surface area contributed by atoms with Crippen LogP contribution in [0.15, 0.2) is 12.1 Å². The molecule has 0 aliphatic carbocycles. The third-order valence-corrected chi connectivity index (χ3v) is 2.27. The molecule has 0 amide bonds. The first-order valence-electron chi connectivity index (χ1n) is 4.55. The van der Waals surface area contributed by atoms with Gasteiger partial charge in [-0.3, -0.25) is 11.3 Å². The minimum absolute atomic E-state index is 0.0438. The summed E-state index contributed by atoms with van der Waals surface area (Å²) in [4.78, 5) is 0. The van der Waals surface area contributed by atoms with Crippen LogP contribution in [0.1, 0.15) is 18.5 Å². The van der Waals surface area contributed by atoms with E-state index in [1.807, 2.05) is 6.92 Å². The van der Waals surface area contributed by atoms with Crippen molar-refractivity contribution in [3.05, 3.63) is 17.7 Å². The Bertz CT molecular complexity index is 342. The second-order valence-electron chi connectivity index (χ2n) is 3.13. The van der Waals surface area contributed by atoms with Crippen LogP contribution in [0.4, 0.5) is 0 Å². The molecule has 4 N–H and O–H groups in total. The van der Waals surface area contributed by atoms with Crippen LogP contribution in [0.25, 0.3) is 0 Å². The third-order valence-electron chi connectivity index (χ3n) is 2.27. The number of hydrazine groups is 1. The zero-order valence-electron chi connectivity index (χ0n) is 9.07. The average Bonchev–Trinajstić information content (AvgIpc) is 2.27. The van der Waals surface area contributed by atoms with Gasteiger partial charge in [0, 0.05) is 11.6 Å². The highest BCUT2D eigenvalue weighted by Crippen LogP contribution is 2.40. The number of hydrogen-bond acceptors (Lipinski definition) is 5. The number of nitrogens with two attached hydrogens (primary N) is 1. The van der Waals surface area contributed by atoms with E-state index >= 15 is 0 Å². The Kier molecular flexibility index (Phi) is 3.76. The molecular weight excluding hydrogens is 196 g/mol. The van der Waals surface area contributed by atoms with Gasteiger partial charge in [0.1, 0.15) is 0 Å². The lowest BCUT2D eigenvalue weighted by molar-refractivity contribution is 0.329. The molecule has 5 nitrogen and oxygen atoms in total. The van der Waals surface area contributed by atoms with Gasteiger partial charge in [0.2, 0.25) is 5.75 Å². The van der Waals surface area contributed by atoms with Crippen molar-refractivity contribution in [1.29, 1.82) is 0 Å². The van der Waals surface area contributed by atoms with Gasteiger partial charge in [-0.05, 0) is 19.1 Å². The highest BCUT2D eigenvalue weighted by molar-refractivity contribution is 5.55. The molecular formula is C10H16N2O3. The van der Waals surface area contributed by atoms with Gasteiger partial charge >= 0.3 is 0 Å². The van der Waals surface area contributed by atoms with E-state index in [-0.39, 0.29) is 11.8 Å². The number of benzene rings is 1. The highest BCUT2D eigenvalue weighted by Gasteiger charge is 2.17. The number of phenolic OH excluding ortho intramolecular Hbond substituents is 1. The van der Waals surface area contributed by atoms with Crippen molar-refractivity contribution in [2.75, 3.05) is 14.2 Å². The Hall–Kier alpha value is -1.46. The lowest BCUT2D eigenvalue weighted by Crippen LogP contribution is -2.25. The van der Waals surface area contributed by atoms with Gasteiger partial charge in [-0.25, -0.2) is 0 Å². The molecule has 0 saturated heterocycles. The molecule has 0 saturated carbocycles. The SMILES string of the molecule is COc1ccc([C@H](C)NN)c(O)c1OC. The normalized spacial score (nSPS) is 12.3. The second-order valence-corrected chi connectivity index (χ2v) is 3.13. The molecule has 15 heavy (non-hydrogen) atoms. The molecule has 1 rings (SSSR count). The molecule has 0 unspecified atom stereocenters. The van der Waals surface area contributed by atoms with E-state index in [1.165, 1.54) is 14.2 Å². The molecule has 1 atom stereocenters. The van der Waals surface area contributed by atoms with E-state index in [4.69, 9.17) is 15.3 Å². The maximum absolute atomic E-state index is 9.90. The van der Waals surface area contributed by atoms with Crippen LogP contribution in [-0.4, -0.2) is 19.3 Å². The Morgan fingerprint density at radius 1 is 1.33 bits per heavy atom. The fourth-order valence-electron chi connectivity index (χ4n) is 1.37. The van der Waals surface area contributed by atoms with E-state index < -0.39 is 0 Å². The average molecular weight is 212 g/mol. The summed E-state index contributed by atoms with van der Waals surface area (Å²) in [6.45, 7) is 1.83. The monoisotopic (exact) mass is 212 g/mol. The summed E-state index contributed by atoms with van der Waals surface area (Å²) in [7, 11) is 2.99. The molecule has 0 spiro atoms. The van der Waals surface area contributed by atoms with Crippen LogP contribution in [-0.2, 0) is 0 Å².